The van der Waals surface area contributed by atoms with Crippen LogP contribution in [0, 0.1) is 6.92 Å². The number of fused-ring (bicyclic) bond motifs is 1. The molecule has 0 spiro atoms. The molecule has 0 atom stereocenters. The summed E-state index contributed by atoms with van der Waals surface area (Å²) in [5.74, 6) is 0. The molecule has 0 saturated heterocycles. The lowest BCUT2D eigenvalue weighted by molar-refractivity contribution is 1.07. The van der Waals surface area contributed by atoms with Crippen molar-refractivity contribution in [2.45, 2.75) is 19.8 Å². The van der Waals surface area contributed by atoms with Gasteiger partial charge < -0.3 is 0 Å². The maximum Gasteiger partial charge on any atom is 0.0417 e. The molecule has 0 aliphatic heterocycles. The van der Waals surface area contributed by atoms with E-state index in [1.54, 1.807) is 0 Å². The molecule has 0 fully saturated rings. The SMILES string of the molecule is Cc1ccc(C2=CC=C(c3cccc4ccsc34)CC2)cc1. The van der Waals surface area contributed by atoms with Crippen molar-refractivity contribution in [3.05, 3.63) is 82.8 Å². The van der Waals surface area contributed by atoms with Crippen LogP contribution >= 0.6 is 11.3 Å². The van der Waals surface area contributed by atoms with E-state index in [2.05, 4.69) is 73.0 Å². The maximum atomic E-state index is 2.31. The van der Waals surface area contributed by atoms with Gasteiger partial charge in [-0.2, -0.15) is 0 Å². The molecule has 0 bridgehead atoms. The molecule has 0 N–H and O–H groups in total. The molecular formula is C21H18S. The van der Waals surface area contributed by atoms with Gasteiger partial charge in [-0.15, -0.1) is 11.3 Å². The van der Waals surface area contributed by atoms with Crippen molar-refractivity contribution in [3.8, 4) is 0 Å². The van der Waals surface area contributed by atoms with E-state index >= 15 is 0 Å². The summed E-state index contributed by atoms with van der Waals surface area (Å²) >= 11 is 1.84. The maximum absolute atomic E-state index is 2.31. The number of rotatable bonds is 2. The van der Waals surface area contributed by atoms with Crippen molar-refractivity contribution in [1.82, 2.24) is 0 Å². The summed E-state index contributed by atoms with van der Waals surface area (Å²) in [6.45, 7) is 2.14. The summed E-state index contributed by atoms with van der Waals surface area (Å²) < 4.78 is 1.42. The van der Waals surface area contributed by atoms with Gasteiger partial charge in [0, 0.05) is 4.70 Å². The summed E-state index contributed by atoms with van der Waals surface area (Å²) in [6.07, 6.45) is 6.86. The molecule has 0 saturated carbocycles. The van der Waals surface area contributed by atoms with Crippen LogP contribution in [-0.4, -0.2) is 0 Å². The molecular weight excluding hydrogens is 284 g/mol. The Labute approximate surface area is 135 Å². The minimum atomic E-state index is 1.12. The van der Waals surface area contributed by atoms with Crippen LogP contribution in [0.5, 0.6) is 0 Å². The Morgan fingerprint density at radius 3 is 2.36 bits per heavy atom. The van der Waals surface area contributed by atoms with E-state index in [9.17, 15) is 0 Å². The molecule has 3 aromatic rings. The van der Waals surface area contributed by atoms with E-state index in [1.807, 2.05) is 11.3 Å². The van der Waals surface area contributed by atoms with Crippen molar-refractivity contribution in [2.75, 3.05) is 0 Å². The summed E-state index contributed by atoms with van der Waals surface area (Å²) in [5.41, 5.74) is 6.99. The Balaban J connectivity index is 1.71. The van der Waals surface area contributed by atoms with Gasteiger partial charge in [0.15, 0.2) is 0 Å². The molecule has 1 heteroatoms. The van der Waals surface area contributed by atoms with Crippen LogP contribution in [-0.2, 0) is 0 Å². The zero-order valence-electron chi connectivity index (χ0n) is 12.7. The third-order valence-electron chi connectivity index (χ3n) is 4.40. The van der Waals surface area contributed by atoms with E-state index in [1.165, 1.54) is 37.9 Å². The number of hydrogen-bond donors (Lipinski definition) is 0. The smallest absolute Gasteiger partial charge is 0.0417 e. The molecule has 0 radical (unpaired) electrons. The predicted octanol–water partition coefficient (Wildman–Crippen LogP) is 6.47. The highest BCUT2D eigenvalue weighted by atomic mass is 32.1. The fourth-order valence-corrected chi connectivity index (χ4v) is 4.06. The van der Waals surface area contributed by atoms with E-state index in [-0.39, 0.29) is 0 Å². The number of hydrogen-bond acceptors (Lipinski definition) is 1. The highest BCUT2D eigenvalue weighted by molar-refractivity contribution is 7.17. The fraction of sp³-hybridized carbons (Fsp3) is 0.143. The van der Waals surface area contributed by atoms with Gasteiger partial charge in [0.05, 0.1) is 0 Å². The third kappa shape index (κ3) is 2.42. The topological polar surface area (TPSA) is 0 Å². The van der Waals surface area contributed by atoms with Crippen LogP contribution in [0.15, 0.2) is 66.1 Å². The first kappa shape index (κ1) is 13.5. The molecule has 22 heavy (non-hydrogen) atoms. The summed E-state index contributed by atoms with van der Waals surface area (Å²) in [6, 6.07) is 17.7. The Morgan fingerprint density at radius 1 is 0.818 bits per heavy atom. The molecule has 0 unspecified atom stereocenters. The highest BCUT2D eigenvalue weighted by Crippen LogP contribution is 2.36. The molecule has 1 aliphatic carbocycles. The lowest BCUT2D eigenvalue weighted by Gasteiger charge is -2.16. The van der Waals surface area contributed by atoms with Crippen LogP contribution in [0.4, 0.5) is 0 Å². The number of thiophene rings is 1. The normalized spacial score (nSPS) is 14.8. The lowest BCUT2D eigenvalue weighted by Crippen LogP contribution is -1.94. The molecule has 1 aromatic heterocycles. The molecule has 1 heterocycles. The molecule has 108 valence electrons. The Kier molecular flexibility index (Phi) is 3.44. The standard InChI is InChI=1S/C21H18S/c1-15-5-7-16(8-6-15)17-9-11-18(12-10-17)20-4-2-3-19-13-14-22-21(19)20/h2-9,11,13-14H,10,12H2,1H3. The van der Waals surface area contributed by atoms with E-state index in [0.717, 1.165) is 12.8 Å². The Hall–Kier alpha value is -2.12. The van der Waals surface area contributed by atoms with Gasteiger partial charge in [-0.25, -0.2) is 0 Å². The fourth-order valence-electron chi connectivity index (χ4n) is 3.12. The monoisotopic (exact) mass is 302 g/mol. The van der Waals surface area contributed by atoms with Crippen LogP contribution in [0.2, 0.25) is 0 Å². The van der Waals surface area contributed by atoms with Crippen molar-refractivity contribution in [2.24, 2.45) is 0 Å². The van der Waals surface area contributed by atoms with Crippen molar-refractivity contribution >= 4 is 32.6 Å². The van der Waals surface area contributed by atoms with Crippen molar-refractivity contribution in [1.29, 1.82) is 0 Å². The van der Waals surface area contributed by atoms with Gasteiger partial charge >= 0.3 is 0 Å². The molecule has 1 aliphatic rings. The van der Waals surface area contributed by atoms with Gasteiger partial charge in [0.2, 0.25) is 0 Å². The quantitative estimate of drug-likeness (QED) is 0.509. The zero-order valence-corrected chi connectivity index (χ0v) is 13.5. The van der Waals surface area contributed by atoms with Gasteiger partial charge in [-0.1, -0.05) is 60.2 Å². The summed E-state index contributed by atoms with van der Waals surface area (Å²) in [5, 5.41) is 3.54. The third-order valence-corrected chi connectivity index (χ3v) is 5.36. The minimum absolute atomic E-state index is 1.12. The van der Waals surface area contributed by atoms with Gasteiger partial charge in [-0.05, 0) is 58.9 Å². The summed E-state index contributed by atoms with van der Waals surface area (Å²) in [7, 11) is 0. The van der Waals surface area contributed by atoms with Gasteiger partial charge in [-0.3, -0.25) is 0 Å². The molecule has 0 amide bonds. The first-order valence-corrected chi connectivity index (χ1v) is 8.62. The van der Waals surface area contributed by atoms with E-state index < -0.39 is 0 Å². The second-order valence-electron chi connectivity index (χ2n) is 5.89. The van der Waals surface area contributed by atoms with Crippen LogP contribution in [0.25, 0.3) is 21.2 Å². The first-order chi connectivity index (χ1) is 10.8. The predicted molar refractivity (Wildman–Crippen MR) is 98.2 cm³/mol. The largest absolute Gasteiger partial charge is 0.143 e. The second kappa shape index (κ2) is 5.58. The molecule has 2 aromatic carbocycles. The van der Waals surface area contributed by atoms with E-state index in [4.69, 9.17) is 0 Å². The van der Waals surface area contributed by atoms with Gasteiger partial charge in [0.25, 0.3) is 0 Å². The van der Waals surface area contributed by atoms with Crippen LogP contribution in [0.3, 0.4) is 0 Å². The Bertz CT molecular complexity index is 876. The number of aryl methyl sites for hydroxylation is 1. The van der Waals surface area contributed by atoms with Gasteiger partial charge in [0.1, 0.15) is 0 Å². The van der Waals surface area contributed by atoms with Crippen LogP contribution in [0.1, 0.15) is 29.5 Å². The average Bonchev–Trinajstić information content (AvgIpc) is 3.04. The van der Waals surface area contributed by atoms with Crippen molar-refractivity contribution in [3.63, 3.8) is 0 Å². The second-order valence-corrected chi connectivity index (χ2v) is 6.81. The van der Waals surface area contributed by atoms with Crippen LogP contribution < -0.4 is 0 Å². The number of allylic oxidation sites excluding steroid dienone is 4. The molecule has 4 rings (SSSR count). The van der Waals surface area contributed by atoms with Crippen molar-refractivity contribution < 1.29 is 0 Å². The number of benzene rings is 2. The minimum Gasteiger partial charge on any atom is -0.143 e. The average molecular weight is 302 g/mol. The highest BCUT2D eigenvalue weighted by Gasteiger charge is 2.12. The first-order valence-electron chi connectivity index (χ1n) is 7.75. The lowest BCUT2D eigenvalue weighted by atomic mass is 9.89. The Morgan fingerprint density at radius 2 is 1.59 bits per heavy atom. The summed E-state index contributed by atoms with van der Waals surface area (Å²) in [4.78, 5) is 0. The van der Waals surface area contributed by atoms with E-state index in [0.29, 0.717) is 0 Å². The molecule has 0 nitrogen and oxygen atoms in total. The zero-order chi connectivity index (χ0) is 14.9.